The van der Waals surface area contributed by atoms with Crippen molar-refractivity contribution in [3.8, 4) is 0 Å². The Balaban J connectivity index is 2.28. The zero-order valence-electron chi connectivity index (χ0n) is 5.95. The molecule has 1 unspecified atom stereocenters. The first-order chi connectivity index (χ1) is 4.93. The van der Waals surface area contributed by atoms with Gasteiger partial charge < -0.3 is 10.2 Å². The van der Waals surface area contributed by atoms with Crippen LogP contribution < -0.4 is 5.32 Å². The molecule has 1 rings (SSSR count). The Hall–Kier alpha value is -1.06. The molecule has 0 spiro atoms. The summed E-state index contributed by atoms with van der Waals surface area (Å²) in [5, 5.41) is 6.68. The molecule has 1 aliphatic heterocycles. The van der Waals surface area contributed by atoms with Crippen molar-refractivity contribution in [2.75, 3.05) is 13.7 Å². The van der Waals surface area contributed by atoms with E-state index in [-0.39, 0.29) is 6.04 Å². The molecule has 0 fully saturated rings. The minimum Gasteiger partial charge on any atom is -0.399 e. The SMILES string of the molecule is CO/N=C/C1CCN=CN1. The van der Waals surface area contributed by atoms with Crippen molar-refractivity contribution in [1.29, 1.82) is 0 Å². The van der Waals surface area contributed by atoms with Gasteiger partial charge in [-0.15, -0.1) is 0 Å². The van der Waals surface area contributed by atoms with Crippen LogP contribution in [0.5, 0.6) is 0 Å². The summed E-state index contributed by atoms with van der Waals surface area (Å²) in [6, 6.07) is 0.289. The molecular formula is C6H11N3O. The van der Waals surface area contributed by atoms with Gasteiger partial charge in [-0.25, -0.2) is 0 Å². The third-order valence-corrected chi connectivity index (χ3v) is 1.30. The molecule has 1 aliphatic rings. The summed E-state index contributed by atoms with van der Waals surface area (Å²) < 4.78 is 0. The third kappa shape index (κ3) is 2.05. The molecule has 0 saturated heterocycles. The maximum Gasteiger partial charge on any atom is 0.106 e. The van der Waals surface area contributed by atoms with Gasteiger partial charge in [-0.2, -0.15) is 0 Å². The Morgan fingerprint density at radius 3 is 3.40 bits per heavy atom. The molecular weight excluding hydrogens is 130 g/mol. The fourth-order valence-corrected chi connectivity index (χ4v) is 0.762. The normalized spacial score (nSPS) is 24.7. The van der Waals surface area contributed by atoms with Crippen LogP contribution in [0.2, 0.25) is 0 Å². The number of nitrogens with zero attached hydrogens (tertiary/aromatic N) is 2. The lowest BCUT2D eigenvalue weighted by atomic mass is 10.2. The molecule has 0 aromatic rings. The van der Waals surface area contributed by atoms with E-state index in [2.05, 4.69) is 20.3 Å². The van der Waals surface area contributed by atoms with E-state index < -0.39 is 0 Å². The first-order valence-corrected chi connectivity index (χ1v) is 3.24. The Kier molecular flexibility index (Phi) is 2.73. The molecule has 0 bridgehead atoms. The number of hydrogen-bond acceptors (Lipinski definition) is 4. The smallest absolute Gasteiger partial charge is 0.106 e. The highest BCUT2D eigenvalue weighted by atomic mass is 16.6. The summed E-state index contributed by atoms with van der Waals surface area (Å²) in [5.74, 6) is 0. The number of hydrogen-bond donors (Lipinski definition) is 1. The Labute approximate surface area is 60.0 Å². The van der Waals surface area contributed by atoms with Gasteiger partial charge in [0.25, 0.3) is 0 Å². The maximum atomic E-state index is 4.53. The number of oxime groups is 1. The molecule has 1 N–H and O–H groups in total. The summed E-state index contributed by atoms with van der Waals surface area (Å²) >= 11 is 0. The van der Waals surface area contributed by atoms with Crippen molar-refractivity contribution >= 4 is 12.6 Å². The second-order valence-electron chi connectivity index (χ2n) is 2.03. The Morgan fingerprint density at radius 2 is 2.80 bits per heavy atom. The second-order valence-corrected chi connectivity index (χ2v) is 2.03. The molecule has 4 nitrogen and oxygen atoms in total. The quantitative estimate of drug-likeness (QED) is 0.435. The monoisotopic (exact) mass is 141 g/mol. The van der Waals surface area contributed by atoms with Gasteiger partial charge in [-0.3, -0.25) is 4.99 Å². The van der Waals surface area contributed by atoms with Crippen LogP contribution in [0, 0.1) is 0 Å². The Morgan fingerprint density at radius 1 is 1.90 bits per heavy atom. The maximum absolute atomic E-state index is 4.53. The second kappa shape index (κ2) is 3.87. The Bertz CT molecular complexity index is 144. The summed E-state index contributed by atoms with van der Waals surface area (Å²) in [5.41, 5.74) is 0. The highest BCUT2D eigenvalue weighted by Crippen LogP contribution is 1.92. The summed E-state index contributed by atoms with van der Waals surface area (Å²) in [4.78, 5) is 8.53. The lowest BCUT2D eigenvalue weighted by molar-refractivity contribution is 0.214. The van der Waals surface area contributed by atoms with E-state index in [0.717, 1.165) is 13.0 Å². The zero-order valence-corrected chi connectivity index (χ0v) is 5.95. The van der Waals surface area contributed by atoms with Crippen LogP contribution in [0.15, 0.2) is 10.1 Å². The van der Waals surface area contributed by atoms with Crippen molar-refractivity contribution in [3.05, 3.63) is 0 Å². The van der Waals surface area contributed by atoms with Gasteiger partial charge in [-0.05, 0) is 6.42 Å². The van der Waals surface area contributed by atoms with Crippen LogP contribution in [-0.4, -0.2) is 32.2 Å². The number of aliphatic imine (C=N–C) groups is 1. The molecule has 0 radical (unpaired) electrons. The molecule has 4 heteroatoms. The number of rotatable bonds is 2. The van der Waals surface area contributed by atoms with Crippen molar-refractivity contribution < 1.29 is 4.84 Å². The van der Waals surface area contributed by atoms with E-state index in [4.69, 9.17) is 0 Å². The van der Waals surface area contributed by atoms with E-state index >= 15 is 0 Å². The molecule has 0 saturated carbocycles. The zero-order chi connectivity index (χ0) is 7.23. The lowest BCUT2D eigenvalue weighted by Crippen LogP contribution is -2.33. The molecule has 56 valence electrons. The largest absolute Gasteiger partial charge is 0.399 e. The highest BCUT2D eigenvalue weighted by molar-refractivity contribution is 5.70. The van der Waals surface area contributed by atoms with E-state index in [1.165, 1.54) is 7.11 Å². The fourth-order valence-electron chi connectivity index (χ4n) is 0.762. The molecule has 1 heterocycles. The number of nitrogens with one attached hydrogen (secondary N) is 1. The van der Waals surface area contributed by atoms with Gasteiger partial charge in [0.1, 0.15) is 7.11 Å². The van der Waals surface area contributed by atoms with Gasteiger partial charge in [-0.1, -0.05) is 5.16 Å². The van der Waals surface area contributed by atoms with Gasteiger partial charge >= 0.3 is 0 Å². The van der Waals surface area contributed by atoms with Crippen LogP contribution in [-0.2, 0) is 4.84 Å². The van der Waals surface area contributed by atoms with Crippen LogP contribution in [0.25, 0.3) is 0 Å². The molecule has 0 aromatic carbocycles. The van der Waals surface area contributed by atoms with E-state index in [1.807, 2.05) is 0 Å². The van der Waals surface area contributed by atoms with E-state index in [0.29, 0.717) is 0 Å². The van der Waals surface area contributed by atoms with Crippen molar-refractivity contribution in [1.82, 2.24) is 5.32 Å². The molecule has 0 aromatic heterocycles. The van der Waals surface area contributed by atoms with Gasteiger partial charge in [0, 0.05) is 6.54 Å². The average molecular weight is 141 g/mol. The minimum atomic E-state index is 0.289. The van der Waals surface area contributed by atoms with Gasteiger partial charge in [0.2, 0.25) is 0 Å². The molecule has 0 aliphatic carbocycles. The summed E-state index contributed by atoms with van der Waals surface area (Å²) in [7, 11) is 1.54. The summed E-state index contributed by atoms with van der Waals surface area (Å²) in [6.07, 6.45) is 4.43. The summed E-state index contributed by atoms with van der Waals surface area (Å²) in [6.45, 7) is 0.868. The predicted molar refractivity (Wildman–Crippen MR) is 40.4 cm³/mol. The fraction of sp³-hybridized carbons (Fsp3) is 0.667. The highest BCUT2D eigenvalue weighted by Gasteiger charge is 2.04. The van der Waals surface area contributed by atoms with Crippen LogP contribution in [0.3, 0.4) is 0 Å². The molecule has 10 heavy (non-hydrogen) atoms. The minimum absolute atomic E-state index is 0.289. The van der Waals surface area contributed by atoms with Crippen molar-refractivity contribution in [3.63, 3.8) is 0 Å². The van der Waals surface area contributed by atoms with Crippen molar-refractivity contribution in [2.24, 2.45) is 10.1 Å². The van der Waals surface area contributed by atoms with Crippen LogP contribution >= 0.6 is 0 Å². The van der Waals surface area contributed by atoms with E-state index in [1.54, 1.807) is 12.6 Å². The standard InChI is InChI=1S/C6H11N3O/c1-10-9-4-6-2-3-7-5-8-6/h4-6H,2-3H2,1H3,(H,7,8)/b9-4+. The van der Waals surface area contributed by atoms with Gasteiger partial charge in [0.15, 0.2) is 0 Å². The lowest BCUT2D eigenvalue weighted by Gasteiger charge is -2.13. The van der Waals surface area contributed by atoms with Gasteiger partial charge in [0.05, 0.1) is 18.6 Å². The van der Waals surface area contributed by atoms with E-state index in [9.17, 15) is 0 Å². The average Bonchev–Trinajstić information content (AvgIpc) is 2.03. The molecule has 0 amide bonds. The first kappa shape index (κ1) is 7.05. The first-order valence-electron chi connectivity index (χ1n) is 3.24. The van der Waals surface area contributed by atoms with Crippen LogP contribution in [0.4, 0.5) is 0 Å². The van der Waals surface area contributed by atoms with Crippen molar-refractivity contribution in [2.45, 2.75) is 12.5 Å². The molecule has 1 atom stereocenters. The topological polar surface area (TPSA) is 46.0 Å². The van der Waals surface area contributed by atoms with Crippen LogP contribution in [0.1, 0.15) is 6.42 Å². The third-order valence-electron chi connectivity index (χ3n) is 1.30. The predicted octanol–water partition coefficient (Wildman–Crippen LogP) is 0.00880.